The van der Waals surface area contributed by atoms with Gasteiger partial charge in [-0.05, 0) is 18.3 Å². The maximum Gasteiger partial charge on any atom is 0.340 e. The SMILES string of the molecule is CBr.CCCCCC(Br)C1=C/C(=C/Br)OC1=O. The highest BCUT2D eigenvalue weighted by atomic mass is 79.9. The van der Waals surface area contributed by atoms with Gasteiger partial charge < -0.3 is 4.74 Å². The van der Waals surface area contributed by atoms with Gasteiger partial charge in [0.05, 0.1) is 5.57 Å². The van der Waals surface area contributed by atoms with E-state index in [0.29, 0.717) is 5.76 Å². The van der Waals surface area contributed by atoms with Gasteiger partial charge in [-0.3, -0.25) is 0 Å². The third-order valence-corrected chi connectivity index (χ3v) is 3.65. The molecule has 0 fully saturated rings. The quantitative estimate of drug-likeness (QED) is 0.345. The minimum absolute atomic E-state index is 0.112. The van der Waals surface area contributed by atoms with E-state index in [1.54, 1.807) is 11.1 Å². The van der Waals surface area contributed by atoms with Crippen molar-refractivity contribution in [2.45, 2.75) is 37.4 Å². The van der Waals surface area contributed by atoms with Crippen LogP contribution in [0.4, 0.5) is 0 Å². The van der Waals surface area contributed by atoms with Crippen molar-refractivity contribution in [3.8, 4) is 0 Å². The third-order valence-electron chi connectivity index (χ3n) is 2.25. The number of hydrogen-bond donors (Lipinski definition) is 0. The number of alkyl halides is 2. The van der Waals surface area contributed by atoms with Crippen LogP contribution in [0.3, 0.4) is 0 Å². The average Bonchev–Trinajstić information content (AvgIpc) is 2.73. The van der Waals surface area contributed by atoms with Crippen LogP contribution in [0, 0.1) is 0 Å². The first-order valence-electron chi connectivity index (χ1n) is 5.45. The lowest BCUT2D eigenvalue weighted by Gasteiger charge is -2.07. The molecule has 1 atom stereocenters. The van der Waals surface area contributed by atoms with E-state index >= 15 is 0 Å². The van der Waals surface area contributed by atoms with Crippen LogP contribution >= 0.6 is 47.8 Å². The van der Waals surface area contributed by atoms with Gasteiger partial charge in [-0.25, -0.2) is 4.79 Å². The Morgan fingerprint density at radius 1 is 1.41 bits per heavy atom. The normalized spacial score (nSPS) is 18.3. The van der Waals surface area contributed by atoms with E-state index < -0.39 is 0 Å². The Hall–Kier alpha value is 0.390. The molecule has 1 aliphatic heterocycles. The number of cyclic esters (lactones) is 1. The molecule has 0 N–H and O–H groups in total. The zero-order valence-electron chi connectivity index (χ0n) is 10.0. The van der Waals surface area contributed by atoms with Crippen LogP contribution in [0.5, 0.6) is 0 Å². The molecule has 1 aliphatic rings. The molecule has 17 heavy (non-hydrogen) atoms. The second kappa shape index (κ2) is 10.3. The van der Waals surface area contributed by atoms with Crippen LogP contribution in [0.2, 0.25) is 0 Å². The fourth-order valence-electron chi connectivity index (χ4n) is 1.41. The van der Waals surface area contributed by atoms with E-state index in [0.717, 1.165) is 18.4 Å². The molecule has 0 saturated carbocycles. The summed E-state index contributed by atoms with van der Waals surface area (Å²) in [7, 11) is 0. The lowest BCUT2D eigenvalue weighted by Crippen LogP contribution is -2.09. The summed E-state index contributed by atoms with van der Waals surface area (Å²) in [5, 5.41) is 0. The number of esters is 1. The highest BCUT2D eigenvalue weighted by molar-refractivity contribution is 9.11. The molecule has 0 aliphatic carbocycles. The zero-order chi connectivity index (χ0) is 13.3. The molecule has 0 aromatic heterocycles. The molecule has 0 bridgehead atoms. The Morgan fingerprint density at radius 3 is 2.53 bits per heavy atom. The summed E-state index contributed by atoms with van der Waals surface area (Å²) < 4.78 is 5.00. The maximum absolute atomic E-state index is 11.4. The molecule has 0 aromatic rings. The predicted molar refractivity (Wildman–Crippen MR) is 82.9 cm³/mol. The van der Waals surface area contributed by atoms with Crippen molar-refractivity contribution < 1.29 is 9.53 Å². The summed E-state index contributed by atoms with van der Waals surface area (Å²) in [6.07, 6.45) is 6.28. The van der Waals surface area contributed by atoms with Crippen molar-refractivity contribution in [3.05, 3.63) is 22.4 Å². The molecule has 0 saturated heterocycles. The van der Waals surface area contributed by atoms with Crippen molar-refractivity contribution in [1.29, 1.82) is 0 Å². The van der Waals surface area contributed by atoms with Gasteiger partial charge in [0.15, 0.2) is 0 Å². The van der Waals surface area contributed by atoms with Crippen LogP contribution in [0.1, 0.15) is 32.6 Å². The first kappa shape index (κ1) is 17.4. The van der Waals surface area contributed by atoms with Crippen LogP contribution in [0.25, 0.3) is 0 Å². The number of carbonyl (C=O) groups excluding carboxylic acids is 1. The predicted octanol–water partition coefficient (Wildman–Crippen LogP) is 5.06. The molecule has 0 amide bonds. The summed E-state index contributed by atoms with van der Waals surface area (Å²) >= 11 is 9.60. The molecule has 98 valence electrons. The highest BCUT2D eigenvalue weighted by Crippen LogP contribution is 2.27. The maximum atomic E-state index is 11.4. The van der Waals surface area contributed by atoms with Crippen molar-refractivity contribution in [3.63, 3.8) is 0 Å². The van der Waals surface area contributed by atoms with Gasteiger partial charge in [0.1, 0.15) is 5.76 Å². The number of halogens is 3. The van der Waals surface area contributed by atoms with E-state index in [-0.39, 0.29) is 10.8 Å². The van der Waals surface area contributed by atoms with Crippen LogP contribution in [-0.4, -0.2) is 16.6 Å². The first-order chi connectivity index (χ1) is 8.19. The van der Waals surface area contributed by atoms with Gasteiger partial charge in [-0.2, -0.15) is 0 Å². The Morgan fingerprint density at radius 2 is 2.06 bits per heavy atom. The van der Waals surface area contributed by atoms with Gasteiger partial charge >= 0.3 is 5.97 Å². The van der Waals surface area contributed by atoms with Gasteiger partial charge in [-0.1, -0.05) is 74.0 Å². The molecular weight excluding hydrogens is 416 g/mol. The monoisotopic (exact) mass is 430 g/mol. The zero-order valence-corrected chi connectivity index (χ0v) is 14.8. The largest absolute Gasteiger partial charge is 0.423 e. The van der Waals surface area contributed by atoms with E-state index in [9.17, 15) is 4.79 Å². The summed E-state index contributed by atoms with van der Waals surface area (Å²) in [5.74, 6) is 2.15. The molecule has 1 rings (SSSR count). The average molecular weight is 433 g/mol. The minimum Gasteiger partial charge on any atom is -0.423 e. The summed E-state index contributed by atoms with van der Waals surface area (Å²) in [6, 6.07) is 0. The van der Waals surface area contributed by atoms with Crippen LogP contribution in [-0.2, 0) is 9.53 Å². The van der Waals surface area contributed by atoms with Gasteiger partial charge in [0.25, 0.3) is 0 Å². The Kier molecular flexibility index (Phi) is 10.6. The summed E-state index contributed by atoms with van der Waals surface area (Å²) in [6.45, 7) is 2.16. The van der Waals surface area contributed by atoms with Crippen molar-refractivity contribution in [2.24, 2.45) is 0 Å². The Bertz CT molecular complexity index is 298. The van der Waals surface area contributed by atoms with E-state index in [2.05, 4.69) is 54.7 Å². The van der Waals surface area contributed by atoms with Crippen molar-refractivity contribution >= 4 is 53.8 Å². The molecule has 0 aromatic carbocycles. The second-order valence-corrected chi connectivity index (χ2v) is 5.03. The van der Waals surface area contributed by atoms with Gasteiger partial charge in [-0.15, -0.1) is 0 Å². The number of unbranched alkanes of at least 4 members (excludes halogenated alkanes) is 2. The third kappa shape index (κ3) is 6.20. The number of hydrogen-bond acceptors (Lipinski definition) is 2. The van der Waals surface area contributed by atoms with E-state index in [1.807, 2.05) is 5.83 Å². The molecular formula is C12H17Br3O2. The molecule has 2 nitrogen and oxygen atoms in total. The number of rotatable bonds is 5. The fourth-order valence-corrected chi connectivity index (χ4v) is 2.28. The van der Waals surface area contributed by atoms with Crippen molar-refractivity contribution in [2.75, 3.05) is 5.83 Å². The lowest BCUT2D eigenvalue weighted by atomic mass is 10.1. The first-order valence-corrected chi connectivity index (χ1v) is 8.86. The van der Waals surface area contributed by atoms with Crippen LogP contribution < -0.4 is 0 Å². The number of carbonyl (C=O) groups is 1. The molecule has 5 heteroatoms. The molecule has 0 spiro atoms. The topological polar surface area (TPSA) is 26.3 Å². The smallest absolute Gasteiger partial charge is 0.340 e. The fraction of sp³-hybridized carbons (Fsp3) is 0.583. The van der Waals surface area contributed by atoms with E-state index in [4.69, 9.17) is 4.74 Å². The molecule has 0 radical (unpaired) electrons. The standard InChI is InChI=1S/C11H14Br2O2.CH3Br/c1-2-3-4-5-10(13)9-6-8(7-12)15-11(9)14;1-2/h6-7,10H,2-5H2,1H3;1H3/b8-7-;. The van der Waals surface area contributed by atoms with Gasteiger partial charge in [0.2, 0.25) is 0 Å². The summed E-state index contributed by atoms with van der Waals surface area (Å²) in [5.41, 5.74) is 0.719. The highest BCUT2D eigenvalue weighted by Gasteiger charge is 2.26. The number of ether oxygens (including phenoxy) is 1. The minimum atomic E-state index is -0.237. The lowest BCUT2D eigenvalue weighted by molar-refractivity contribution is -0.133. The van der Waals surface area contributed by atoms with Gasteiger partial charge in [0, 0.05) is 9.81 Å². The van der Waals surface area contributed by atoms with Crippen LogP contribution in [0.15, 0.2) is 22.4 Å². The Balaban J connectivity index is 0.00000121. The molecule has 1 unspecified atom stereocenters. The van der Waals surface area contributed by atoms with E-state index in [1.165, 1.54) is 12.8 Å². The number of allylic oxidation sites excluding steroid dienone is 1. The second-order valence-electron chi connectivity index (χ2n) is 3.46. The van der Waals surface area contributed by atoms with Crippen molar-refractivity contribution in [1.82, 2.24) is 0 Å². The summed E-state index contributed by atoms with van der Waals surface area (Å²) in [4.78, 5) is 13.2. The Labute approximate surface area is 128 Å². The molecule has 1 heterocycles.